The Morgan fingerprint density at radius 3 is 1.26 bits per heavy atom. The number of carboxylic acids is 1. The Morgan fingerprint density at radius 2 is 0.896 bits per heavy atom. The molecule has 16 heterocycles. The molecule has 1 aliphatic carbocycles. The molecule has 8 aliphatic heterocycles. The van der Waals surface area contributed by atoms with Crippen molar-refractivity contribution in [3.63, 3.8) is 0 Å². The summed E-state index contributed by atoms with van der Waals surface area (Å²) >= 11 is 0. The number of hydrogen-bond donors (Lipinski definition) is 7. The number of nitrogens with zero attached hydrogens (tertiary/aromatic N) is 16. The quantitative estimate of drug-likeness (QED) is 0.0392. The van der Waals surface area contributed by atoms with Crippen molar-refractivity contribution in [1.82, 2.24) is 45.2 Å². The number of fused-ring (bicyclic) bond motifs is 16. The van der Waals surface area contributed by atoms with Crippen LogP contribution in [0.1, 0.15) is 129 Å². The number of ether oxygens (including phenoxy) is 1. The highest BCUT2D eigenvalue weighted by atomic mass is 19.4. The average Bonchev–Trinajstić information content (AvgIpc) is 1.76. The van der Waals surface area contributed by atoms with Crippen LogP contribution in [0.4, 0.5) is 102 Å². The molecule has 33 nitrogen and oxygen atoms in total. The summed E-state index contributed by atoms with van der Waals surface area (Å²) in [5, 5.41) is 31.6. The van der Waals surface area contributed by atoms with Crippen molar-refractivity contribution in [3.8, 4) is 0 Å². The minimum absolute atomic E-state index is 0.0115. The molecule has 0 aromatic carbocycles. The first-order chi connectivity index (χ1) is 55.4. The Bertz CT molecular complexity index is 5000. The fraction of sp³-hybridized carbons (Fsp3) is 0.380. The number of nitrogens with one attached hydrogen (secondary N) is 5. The molecule has 115 heavy (non-hydrogen) atoms. The number of ketones is 3. The van der Waals surface area contributed by atoms with Crippen LogP contribution >= 0.6 is 0 Å². The number of hydrogen-bond acceptors (Lipinski definition) is 23. The number of aromatic nitrogens is 8. The second-order valence-electron chi connectivity index (χ2n) is 29.0. The molecule has 7 N–H and O–H groups in total. The number of rotatable bonds is 18. The summed E-state index contributed by atoms with van der Waals surface area (Å²) in [6.45, 7) is 8.55. The Kier molecular flexibility index (Phi) is 23.5. The monoisotopic (exact) mass is 1580 g/mol. The Hall–Kier alpha value is -12.9. The summed E-state index contributed by atoms with van der Waals surface area (Å²) in [5.41, 5.74) is 5.13. The van der Waals surface area contributed by atoms with E-state index in [4.69, 9.17) is 9.84 Å². The molecule has 1 saturated carbocycles. The van der Waals surface area contributed by atoms with Gasteiger partial charge >= 0.3 is 36.3 Å². The lowest BCUT2D eigenvalue weighted by Crippen LogP contribution is -2.48. The number of urea groups is 4. The SMILES string of the molecule is CCC(=O)c1ccc2c(n1)N(C(=O)Nc1ccccn1)[C@H]1CCN2C1.COC[C@H](O)CCC(=O)c1ccc2c(n1)N(C(=O)Nc1ccccn1)[C@H]1CCN2C1.Cc1ccc(NC(=O)N2c3nc(C(=O)CC4CC4)ccc3N3CC[C@H]2C3)nc1.O=C(O)c1ccc(NC(=O)N2c3nc(C(=O)NCC(F)(F)F)ccc3N3CC[C@H]2C3)nc1. The van der Waals surface area contributed by atoms with Crippen LogP contribution in [-0.2, 0) is 4.74 Å². The maximum Gasteiger partial charge on any atom is 0.405 e. The third-order valence-corrected chi connectivity index (χ3v) is 21.0. The van der Waals surface area contributed by atoms with Crippen LogP contribution in [0.3, 0.4) is 0 Å². The lowest BCUT2D eigenvalue weighted by molar-refractivity contribution is -0.123. The number of aromatic carboxylic acids is 1. The van der Waals surface area contributed by atoms with E-state index in [0.717, 1.165) is 100 Å². The summed E-state index contributed by atoms with van der Waals surface area (Å²) in [5.74, 6) is 1.57. The van der Waals surface area contributed by atoms with Gasteiger partial charge in [-0.05, 0) is 154 Å². The summed E-state index contributed by atoms with van der Waals surface area (Å²) in [4.78, 5) is 162. The molecular weight excluding hydrogens is 1490 g/mol. The molecule has 17 rings (SSSR count). The first kappa shape index (κ1) is 78.8. The van der Waals surface area contributed by atoms with Gasteiger partial charge in [-0.25, -0.2) is 63.8 Å². The average molecular weight is 1580 g/mol. The standard InChI is InChI=1S/C21H25N5O4.C21H23N5O2.C19H17F3N6O4.C18H19N5O2/c1-30-13-15(27)5-8-18(28)16-6-7-17-20(23-16)26(14-9-11-25(17)12-14)21(29)24-19-4-2-3-10-22-19;1-13-2-7-19(22-11-13)24-21(28)26-15-8-9-25(12-15)17-6-5-16(23-20(17)26)18(27)10-14-3-4-14;20-19(21,22)9-24-16(29)12-2-3-13-15(25-12)28(11-5-6-27(13)8-11)18(32)26-14-4-1-10(7-23-14)17(30)31;1-2-15(24)13-6-7-14-17(20-13)23(12-8-10-22(14)11-12)18(25)21-16-5-3-4-9-19-16/h2-4,6-7,10,14-15,27H,5,8-9,11-13H2,1H3,(H,22,24,29);2,5-7,11,14-15H,3-4,8-10,12H2,1H3,(H,22,24,28);1-4,7,11H,5-6,8-9H2,(H,24,29)(H,30,31)(H,23,26,32);3-7,9,12H,2,8,10-11H2,1H3,(H,19,21,25)/t14-,15+;15-;11-;12-/m0000/s1. The molecule has 0 radical (unpaired) electrons. The number of halogens is 3. The lowest BCUT2D eigenvalue weighted by atomic mass is 10.1. The number of carbonyl (C=O) groups is 9. The number of anilines is 12. The maximum absolute atomic E-state index is 13.1. The third kappa shape index (κ3) is 18.1. The number of methoxy groups -OCH3 is 1. The smallest absolute Gasteiger partial charge is 0.405 e. The predicted molar refractivity (Wildman–Crippen MR) is 420 cm³/mol. The number of Topliss-reactive ketones (excluding diaryl/α,β-unsaturated/α-hetero) is 3. The van der Waals surface area contributed by atoms with E-state index in [2.05, 4.69) is 75.8 Å². The molecule has 9 aliphatic rings. The van der Waals surface area contributed by atoms with Gasteiger partial charge in [-0.15, -0.1) is 0 Å². The topological polar surface area (TPSA) is 393 Å². The molecule has 8 aromatic rings. The van der Waals surface area contributed by atoms with Crippen molar-refractivity contribution in [2.24, 2.45) is 5.92 Å². The van der Waals surface area contributed by atoms with E-state index < -0.39 is 36.7 Å². The largest absolute Gasteiger partial charge is 0.478 e. The molecule has 8 aromatic heterocycles. The fourth-order valence-corrected chi connectivity index (χ4v) is 15.0. The van der Waals surface area contributed by atoms with Crippen LogP contribution in [-0.4, -0.2) is 213 Å². The second kappa shape index (κ2) is 34.2. The van der Waals surface area contributed by atoms with E-state index >= 15 is 0 Å². The van der Waals surface area contributed by atoms with Crippen molar-refractivity contribution in [2.75, 3.05) is 133 Å². The number of aliphatic hydroxyl groups excluding tert-OH is 1. The van der Waals surface area contributed by atoms with E-state index in [9.17, 15) is 61.4 Å². The summed E-state index contributed by atoms with van der Waals surface area (Å²) in [7, 11) is 1.50. The maximum atomic E-state index is 13.1. The second-order valence-corrected chi connectivity index (χ2v) is 29.0. The molecule has 0 unspecified atom stereocenters. The van der Waals surface area contributed by atoms with Crippen molar-refractivity contribution in [2.45, 2.75) is 115 Å². The van der Waals surface area contributed by atoms with E-state index in [1.807, 2.05) is 49.1 Å². The zero-order valence-corrected chi connectivity index (χ0v) is 63.1. The van der Waals surface area contributed by atoms with Gasteiger partial charge in [-0.2, -0.15) is 13.2 Å². The van der Waals surface area contributed by atoms with Gasteiger partial charge < -0.3 is 39.9 Å². The van der Waals surface area contributed by atoms with Gasteiger partial charge in [0, 0.05) is 104 Å². The van der Waals surface area contributed by atoms with Crippen LogP contribution in [0.5, 0.6) is 0 Å². The highest BCUT2D eigenvalue weighted by Gasteiger charge is 2.46. The summed E-state index contributed by atoms with van der Waals surface area (Å²) in [6.07, 6.45) is 7.69. The number of aryl methyl sites for hydroxylation is 1. The molecular formula is C79H84F3N21O12. The molecule has 5 atom stereocenters. The van der Waals surface area contributed by atoms with E-state index in [1.165, 1.54) is 30.2 Å². The van der Waals surface area contributed by atoms with E-state index in [1.54, 1.807) is 99.3 Å². The highest BCUT2D eigenvalue weighted by Crippen LogP contribution is 2.44. The van der Waals surface area contributed by atoms with Gasteiger partial charge in [0.25, 0.3) is 5.91 Å². The molecule has 598 valence electrons. The fourth-order valence-electron chi connectivity index (χ4n) is 15.0. The molecule has 4 saturated heterocycles. The lowest BCUT2D eigenvalue weighted by Gasteiger charge is -2.35. The Balaban J connectivity index is 0.000000127. The Morgan fingerprint density at radius 1 is 0.496 bits per heavy atom. The summed E-state index contributed by atoms with van der Waals surface area (Å²) in [6, 6.07) is 29.2. The minimum atomic E-state index is -4.57. The van der Waals surface area contributed by atoms with Crippen LogP contribution < -0.4 is 65.8 Å². The Labute approximate surface area is 657 Å². The van der Waals surface area contributed by atoms with Crippen molar-refractivity contribution in [3.05, 3.63) is 168 Å². The van der Waals surface area contributed by atoms with Crippen LogP contribution in [0.15, 0.2) is 134 Å². The van der Waals surface area contributed by atoms with Gasteiger partial charge in [-0.3, -0.25) is 60.0 Å². The number of carboxylic acid groups (broad SMARTS) is 1. The van der Waals surface area contributed by atoms with E-state index in [0.29, 0.717) is 96.7 Å². The number of aliphatic hydroxyl groups is 1. The number of carbonyl (C=O) groups excluding carboxylic acids is 8. The first-order valence-electron chi connectivity index (χ1n) is 37.9. The van der Waals surface area contributed by atoms with Crippen molar-refractivity contribution < 1.29 is 71.3 Å². The molecule has 8 bridgehead atoms. The van der Waals surface area contributed by atoms with Crippen LogP contribution in [0, 0.1) is 12.8 Å². The van der Waals surface area contributed by atoms with E-state index in [-0.39, 0.29) is 101 Å². The normalized spacial score (nSPS) is 18.3. The molecule has 5 fully saturated rings. The number of pyridine rings is 8. The highest BCUT2D eigenvalue weighted by molar-refractivity contribution is 6.09. The first-order valence-corrected chi connectivity index (χ1v) is 37.9. The molecule has 0 spiro atoms. The van der Waals surface area contributed by atoms with Gasteiger partial charge in [-0.1, -0.05) is 25.1 Å². The van der Waals surface area contributed by atoms with Gasteiger partial charge in [0.2, 0.25) is 0 Å². The van der Waals surface area contributed by atoms with Gasteiger partial charge in [0.05, 0.1) is 65.2 Å². The summed E-state index contributed by atoms with van der Waals surface area (Å²) < 4.78 is 42.2. The van der Waals surface area contributed by atoms with Gasteiger partial charge in [0.15, 0.2) is 40.6 Å². The van der Waals surface area contributed by atoms with Crippen LogP contribution in [0.25, 0.3) is 0 Å². The third-order valence-electron chi connectivity index (χ3n) is 21.0. The minimum Gasteiger partial charge on any atom is -0.478 e. The molecule has 9 amide bonds. The van der Waals surface area contributed by atoms with Gasteiger partial charge in [0.1, 0.15) is 52.6 Å². The molecule has 36 heteroatoms. The van der Waals surface area contributed by atoms with Crippen molar-refractivity contribution >= 4 is 123 Å². The van der Waals surface area contributed by atoms with Crippen LogP contribution in [0.2, 0.25) is 0 Å². The van der Waals surface area contributed by atoms with Crippen molar-refractivity contribution in [1.29, 1.82) is 0 Å². The predicted octanol–water partition coefficient (Wildman–Crippen LogP) is 10.3. The zero-order valence-electron chi connectivity index (χ0n) is 63.1. The number of amides is 9. The zero-order chi connectivity index (χ0) is 80.8. The number of alkyl halides is 3.